The zero-order chi connectivity index (χ0) is 19.6. The van der Waals surface area contributed by atoms with Crippen LogP contribution in [0.1, 0.15) is 17.2 Å². The number of hydrogen-bond acceptors (Lipinski definition) is 4. The van der Waals surface area contributed by atoms with Crippen molar-refractivity contribution < 1.29 is 13.2 Å². The number of halogens is 3. The Bertz CT molecular complexity index is 972. The molecule has 1 atom stereocenters. The van der Waals surface area contributed by atoms with Crippen molar-refractivity contribution in [2.45, 2.75) is 12.2 Å². The summed E-state index contributed by atoms with van der Waals surface area (Å²) in [5.74, 6) is 0.501. The number of nitrogens with one attached hydrogen (secondary N) is 1. The minimum absolute atomic E-state index is 0.105. The van der Waals surface area contributed by atoms with E-state index in [1.165, 1.54) is 23.2 Å². The molecule has 4 rings (SSSR count). The average molecular weight is 382 g/mol. The molecule has 0 radical (unpaired) electrons. The maximum atomic E-state index is 14.0. The van der Waals surface area contributed by atoms with E-state index in [0.29, 0.717) is 5.56 Å². The first kappa shape index (κ1) is 18.0. The Hall–Kier alpha value is -3.35. The summed E-state index contributed by atoms with van der Waals surface area (Å²) >= 11 is 0. The molecule has 0 bridgehead atoms. The number of benzene rings is 2. The minimum atomic E-state index is -4.46. The number of hydrogen-bond donors (Lipinski definition) is 1. The predicted molar refractivity (Wildman–Crippen MR) is 103 cm³/mol. The summed E-state index contributed by atoms with van der Waals surface area (Å²) < 4.78 is 42.0. The van der Waals surface area contributed by atoms with Crippen LogP contribution in [0.25, 0.3) is 6.08 Å². The molecule has 0 aliphatic carbocycles. The van der Waals surface area contributed by atoms with Crippen LogP contribution in [0.15, 0.2) is 72.9 Å². The molecule has 7 heteroatoms. The van der Waals surface area contributed by atoms with Crippen LogP contribution in [0.4, 0.5) is 30.6 Å². The van der Waals surface area contributed by atoms with Gasteiger partial charge in [0.2, 0.25) is 5.95 Å². The summed E-state index contributed by atoms with van der Waals surface area (Å²) in [7, 11) is 0. The second-order valence-electron chi connectivity index (χ2n) is 6.37. The van der Waals surface area contributed by atoms with Gasteiger partial charge < -0.3 is 10.2 Å². The van der Waals surface area contributed by atoms with Gasteiger partial charge in [-0.25, -0.2) is 4.98 Å². The molecule has 0 spiro atoms. The molecule has 2 aromatic carbocycles. The molecular weight excluding hydrogens is 365 g/mol. The van der Waals surface area contributed by atoms with Crippen molar-refractivity contribution in [3.8, 4) is 0 Å². The molecule has 0 amide bonds. The molecule has 1 N–H and O–H groups in total. The Morgan fingerprint density at radius 3 is 2.32 bits per heavy atom. The van der Waals surface area contributed by atoms with Gasteiger partial charge in [0.05, 0.1) is 0 Å². The van der Waals surface area contributed by atoms with Crippen LogP contribution in [0.3, 0.4) is 0 Å². The van der Waals surface area contributed by atoms with Gasteiger partial charge in [-0.1, -0.05) is 60.7 Å². The fraction of sp³-hybridized carbons (Fsp3) is 0.143. The van der Waals surface area contributed by atoms with Gasteiger partial charge in [-0.2, -0.15) is 18.2 Å². The fourth-order valence-corrected chi connectivity index (χ4v) is 3.23. The smallest absolute Gasteiger partial charge is 0.337 e. The van der Waals surface area contributed by atoms with Gasteiger partial charge in [-0.15, -0.1) is 0 Å². The summed E-state index contributed by atoms with van der Waals surface area (Å²) in [6.07, 6.45) is 0.519. The molecule has 1 aromatic heterocycles. The zero-order valence-electron chi connectivity index (χ0n) is 14.8. The lowest BCUT2D eigenvalue weighted by Crippen LogP contribution is -2.40. The Morgan fingerprint density at radius 1 is 0.964 bits per heavy atom. The molecule has 1 aliphatic heterocycles. The van der Waals surface area contributed by atoms with Crippen LogP contribution < -0.4 is 10.2 Å². The number of anilines is 3. The number of fused-ring (bicyclic) bond motifs is 1. The van der Waals surface area contributed by atoms with E-state index in [0.717, 1.165) is 5.69 Å². The van der Waals surface area contributed by atoms with E-state index in [9.17, 15) is 13.2 Å². The van der Waals surface area contributed by atoms with E-state index >= 15 is 0 Å². The number of rotatable bonds is 4. The summed E-state index contributed by atoms with van der Waals surface area (Å²) in [6.45, 7) is 0.105. The third-order valence-corrected chi connectivity index (χ3v) is 4.43. The first-order valence-corrected chi connectivity index (χ1v) is 8.76. The van der Waals surface area contributed by atoms with Crippen molar-refractivity contribution >= 4 is 23.5 Å². The van der Waals surface area contributed by atoms with Gasteiger partial charge in [-0.05, 0) is 17.7 Å². The van der Waals surface area contributed by atoms with Crippen LogP contribution >= 0.6 is 0 Å². The highest BCUT2D eigenvalue weighted by molar-refractivity contribution is 5.70. The summed E-state index contributed by atoms with van der Waals surface area (Å²) in [5, 5.41) is 3.04. The number of nitrogens with zero attached hydrogens (tertiary/aromatic N) is 3. The molecule has 4 nitrogen and oxygen atoms in total. The Kier molecular flexibility index (Phi) is 4.73. The van der Waals surface area contributed by atoms with Gasteiger partial charge in [-0.3, -0.25) is 0 Å². The quantitative estimate of drug-likeness (QED) is 0.660. The first-order valence-electron chi connectivity index (χ1n) is 8.76. The Morgan fingerprint density at radius 2 is 1.64 bits per heavy atom. The zero-order valence-corrected chi connectivity index (χ0v) is 14.8. The monoisotopic (exact) mass is 382 g/mol. The van der Waals surface area contributed by atoms with E-state index in [-0.39, 0.29) is 23.9 Å². The maximum absolute atomic E-state index is 14.0. The fourth-order valence-electron chi connectivity index (χ4n) is 3.23. The van der Waals surface area contributed by atoms with Crippen molar-refractivity contribution in [1.82, 2.24) is 9.97 Å². The van der Waals surface area contributed by atoms with Crippen molar-refractivity contribution in [2.24, 2.45) is 0 Å². The van der Waals surface area contributed by atoms with Crippen molar-refractivity contribution in [1.29, 1.82) is 0 Å². The summed E-state index contributed by atoms with van der Waals surface area (Å²) in [4.78, 5) is 9.90. The molecule has 1 unspecified atom stereocenters. The summed E-state index contributed by atoms with van der Waals surface area (Å²) in [6, 6.07) is 15.3. The lowest BCUT2D eigenvalue weighted by atomic mass is 10.0. The maximum Gasteiger partial charge on any atom is 0.413 e. The van der Waals surface area contributed by atoms with Gasteiger partial charge in [0.25, 0.3) is 0 Å². The highest BCUT2D eigenvalue weighted by Gasteiger charge is 2.46. The van der Waals surface area contributed by atoms with Gasteiger partial charge in [0, 0.05) is 24.0 Å². The van der Waals surface area contributed by atoms with Crippen LogP contribution in [0.2, 0.25) is 0 Å². The van der Waals surface area contributed by atoms with E-state index in [4.69, 9.17) is 0 Å². The minimum Gasteiger partial charge on any atom is -0.337 e. The molecule has 28 heavy (non-hydrogen) atoms. The largest absolute Gasteiger partial charge is 0.413 e. The summed E-state index contributed by atoms with van der Waals surface area (Å²) in [5.41, 5.74) is 1.48. The predicted octanol–water partition coefficient (Wildman–Crippen LogP) is 5.36. The highest BCUT2D eigenvalue weighted by atomic mass is 19.4. The number of aromatic nitrogens is 2. The molecule has 3 aromatic rings. The SMILES string of the molecule is FC(F)(F)C(c1ccccc1)N1CC=Cc2cnc(Nc3ccccc3)nc21. The van der Waals surface area contributed by atoms with Gasteiger partial charge in [0.15, 0.2) is 6.04 Å². The van der Waals surface area contributed by atoms with Crippen molar-refractivity contribution in [3.63, 3.8) is 0 Å². The van der Waals surface area contributed by atoms with E-state index in [1.807, 2.05) is 30.3 Å². The third kappa shape index (κ3) is 3.69. The number of para-hydroxylation sites is 1. The molecular formula is C21H17F3N4. The lowest BCUT2D eigenvalue weighted by molar-refractivity contribution is -0.150. The molecule has 1 aliphatic rings. The normalized spacial score (nSPS) is 14.5. The second-order valence-corrected chi connectivity index (χ2v) is 6.37. The second kappa shape index (κ2) is 7.34. The average Bonchev–Trinajstić information content (AvgIpc) is 2.69. The molecule has 0 saturated carbocycles. The van der Waals surface area contributed by atoms with Crippen LogP contribution in [0.5, 0.6) is 0 Å². The molecule has 142 valence electrons. The Labute approximate surface area is 160 Å². The Balaban J connectivity index is 1.74. The van der Waals surface area contributed by atoms with Gasteiger partial charge >= 0.3 is 6.18 Å². The van der Waals surface area contributed by atoms with Crippen LogP contribution in [-0.4, -0.2) is 22.7 Å². The van der Waals surface area contributed by atoms with E-state index in [2.05, 4.69) is 15.3 Å². The number of alkyl halides is 3. The first-order chi connectivity index (χ1) is 13.5. The van der Waals surface area contributed by atoms with Crippen molar-refractivity contribution in [3.05, 3.63) is 84.1 Å². The van der Waals surface area contributed by atoms with Crippen LogP contribution in [-0.2, 0) is 0 Å². The van der Waals surface area contributed by atoms with E-state index in [1.54, 1.807) is 30.4 Å². The van der Waals surface area contributed by atoms with Crippen LogP contribution in [0, 0.1) is 0 Å². The standard InChI is InChI=1S/C21H17F3N4/c22-21(23,24)18(15-8-3-1-4-9-15)28-13-7-10-16-14-25-20(27-19(16)28)26-17-11-5-2-6-12-17/h1-12,14,18H,13H2,(H,25,26,27). The lowest BCUT2D eigenvalue weighted by Gasteiger charge is -2.36. The van der Waals surface area contributed by atoms with E-state index < -0.39 is 12.2 Å². The third-order valence-electron chi connectivity index (χ3n) is 4.43. The van der Waals surface area contributed by atoms with Gasteiger partial charge in [0.1, 0.15) is 5.82 Å². The molecule has 2 heterocycles. The van der Waals surface area contributed by atoms with Crippen molar-refractivity contribution in [2.75, 3.05) is 16.8 Å². The molecule has 0 fully saturated rings. The highest BCUT2D eigenvalue weighted by Crippen LogP contribution is 2.42. The molecule has 0 saturated heterocycles. The topological polar surface area (TPSA) is 41.1 Å².